The van der Waals surface area contributed by atoms with Crippen molar-refractivity contribution >= 4 is 23.6 Å². The first-order valence-electron chi connectivity index (χ1n) is 9.69. The lowest BCUT2D eigenvalue weighted by Crippen LogP contribution is -2.47. The fourth-order valence-corrected chi connectivity index (χ4v) is 2.77. The molecule has 0 saturated carbocycles. The molecule has 0 bridgehead atoms. The number of ether oxygens (including phenoxy) is 2. The minimum absolute atomic E-state index is 0.0786. The summed E-state index contributed by atoms with van der Waals surface area (Å²) in [6.45, 7) is 6.85. The number of pyridine rings is 1. The van der Waals surface area contributed by atoms with Crippen LogP contribution in [-0.2, 0) is 14.3 Å². The van der Waals surface area contributed by atoms with Gasteiger partial charge in [-0.05, 0) is 39.3 Å². The summed E-state index contributed by atoms with van der Waals surface area (Å²) < 4.78 is 10.5. The van der Waals surface area contributed by atoms with Crippen LogP contribution in [0.2, 0.25) is 0 Å². The maximum atomic E-state index is 12.8. The maximum Gasteiger partial charge on any atom is 0.408 e. The standard InChI is InChI=1S/C21H26N4O6/c1-5-30-19(26)17(23-18-15(25(28)29)12-9-13-22-18)16(14-10-7-6-8-11-14)24-20(27)31-21(2,3)4/h6-13,16-17H,5H2,1-4H3,(H,22,23)(H,24,27)/t16-,17+/m0/s1. The van der Waals surface area contributed by atoms with Gasteiger partial charge in [-0.2, -0.15) is 0 Å². The topological polar surface area (TPSA) is 133 Å². The first-order valence-corrected chi connectivity index (χ1v) is 9.69. The number of amides is 1. The van der Waals surface area contributed by atoms with E-state index in [0.29, 0.717) is 5.56 Å². The quantitative estimate of drug-likeness (QED) is 0.369. The van der Waals surface area contributed by atoms with E-state index in [1.165, 1.54) is 18.3 Å². The predicted octanol–water partition coefficient (Wildman–Crippen LogP) is 3.60. The minimum atomic E-state index is -1.22. The van der Waals surface area contributed by atoms with Gasteiger partial charge in [0.1, 0.15) is 5.60 Å². The Balaban J connectivity index is 2.47. The van der Waals surface area contributed by atoms with E-state index in [-0.39, 0.29) is 18.1 Å². The predicted molar refractivity (Wildman–Crippen MR) is 113 cm³/mol. The molecule has 10 heteroatoms. The Bertz CT molecular complexity index is 914. The Labute approximate surface area is 180 Å². The lowest BCUT2D eigenvalue weighted by atomic mass is 9.99. The van der Waals surface area contributed by atoms with E-state index >= 15 is 0 Å². The van der Waals surface area contributed by atoms with Crippen LogP contribution in [0.4, 0.5) is 16.3 Å². The number of hydrogen-bond acceptors (Lipinski definition) is 8. The summed E-state index contributed by atoms with van der Waals surface area (Å²) in [5.41, 5.74) is -0.517. The Hall–Kier alpha value is -3.69. The Morgan fingerprint density at radius 1 is 1.16 bits per heavy atom. The number of rotatable bonds is 8. The Kier molecular flexibility index (Phi) is 7.89. The molecule has 0 saturated heterocycles. The molecule has 1 aromatic carbocycles. The molecule has 2 atom stereocenters. The van der Waals surface area contributed by atoms with Gasteiger partial charge in [0.15, 0.2) is 6.04 Å². The number of anilines is 1. The van der Waals surface area contributed by atoms with Gasteiger partial charge in [0.2, 0.25) is 5.82 Å². The molecule has 0 radical (unpaired) electrons. The molecule has 1 heterocycles. The van der Waals surface area contributed by atoms with Crippen LogP contribution in [0.3, 0.4) is 0 Å². The number of hydrogen-bond donors (Lipinski definition) is 2. The summed E-state index contributed by atoms with van der Waals surface area (Å²) in [4.78, 5) is 40.1. The van der Waals surface area contributed by atoms with Crippen LogP contribution in [0.1, 0.15) is 39.3 Å². The number of carbonyl (C=O) groups is 2. The first kappa shape index (κ1) is 23.6. The molecule has 0 aliphatic rings. The smallest absolute Gasteiger partial charge is 0.408 e. The van der Waals surface area contributed by atoms with Gasteiger partial charge in [-0.1, -0.05) is 30.3 Å². The van der Waals surface area contributed by atoms with Crippen molar-refractivity contribution in [3.8, 4) is 0 Å². The summed E-state index contributed by atoms with van der Waals surface area (Å²) in [7, 11) is 0. The molecule has 0 unspecified atom stereocenters. The molecule has 0 fully saturated rings. The zero-order valence-electron chi connectivity index (χ0n) is 17.8. The molecule has 1 amide bonds. The van der Waals surface area contributed by atoms with Crippen LogP contribution in [0, 0.1) is 10.1 Å². The number of aromatic nitrogens is 1. The van der Waals surface area contributed by atoms with Crippen molar-refractivity contribution in [3.05, 3.63) is 64.3 Å². The SMILES string of the molecule is CCOC(=O)[C@H](Nc1ncccc1[N+](=O)[O-])[C@@H](NC(=O)OC(C)(C)C)c1ccccc1. The van der Waals surface area contributed by atoms with Gasteiger partial charge in [0.25, 0.3) is 0 Å². The van der Waals surface area contributed by atoms with Gasteiger partial charge in [0.05, 0.1) is 17.6 Å². The third-order valence-electron chi connectivity index (χ3n) is 3.98. The highest BCUT2D eigenvalue weighted by molar-refractivity contribution is 5.82. The molecule has 166 valence electrons. The molecule has 31 heavy (non-hydrogen) atoms. The van der Waals surface area contributed by atoms with Crippen LogP contribution in [0.25, 0.3) is 0 Å². The fourth-order valence-electron chi connectivity index (χ4n) is 2.77. The lowest BCUT2D eigenvalue weighted by molar-refractivity contribution is -0.384. The normalized spacial score (nSPS) is 12.9. The van der Waals surface area contributed by atoms with Crippen LogP contribution in [0.5, 0.6) is 0 Å². The molecule has 0 aliphatic carbocycles. The average molecular weight is 430 g/mol. The number of nitrogens with zero attached hydrogens (tertiary/aromatic N) is 2. The van der Waals surface area contributed by atoms with E-state index in [1.807, 2.05) is 0 Å². The largest absolute Gasteiger partial charge is 0.464 e. The van der Waals surface area contributed by atoms with E-state index in [9.17, 15) is 19.7 Å². The molecule has 2 aromatic rings. The number of esters is 1. The number of nitro groups is 1. The monoisotopic (exact) mass is 430 g/mol. The number of carbonyl (C=O) groups excluding carboxylic acids is 2. The van der Waals surface area contributed by atoms with Gasteiger partial charge in [-0.3, -0.25) is 10.1 Å². The molecule has 2 rings (SSSR count). The summed E-state index contributed by atoms with van der Waals surface area (Å²) in [5, 5.41) is 16.9. The van der Waals surface area contributed by atoms with Gasteiger partial charge in [-0.15, -0.1) is 0 Å². The summed E-state index contributed by atoms with van der Waals surface area (Å²) >= 11 is 0. The van der Waals surface area contributed by atoms with E-state index in [0.717, 1.165) is 0 Å². The molecule has 2 N–H and O–H groups in total. The van der Waals surface area contributed by atoms with Crippen LogP contribution >= 0.6 is 0 Å². The highest BCUT2D eigenvalue weighted by atomic mass is 16.6. The van der Waals surface area contributed by atoms with Crippen molar-refractivity contribution in [2.45, 2.75) is 45.4 Å². The summed E-state index contributed by atoms with van der Waals surface area (Å²) in [6, 6.07) is 9.18. The fraction of sp³-hybridized carbons (Fsp3) is 0.381. The van der Waals surface area contributed by atoms with Crippen molar-refractivity contribution < 1.29 is 24.0 Å². The van der Waals surface area contributed by atoms with Crippen molar-refractivity contribution in [3.63, 3.8) is 0 Å². The number of alkyl carbamates (subject to hydrolysis) is 1. The van der Waals surface area contributed by atoms with Gasteiger partial charge < -0.3 is 20.1 Å². The average Bonchev–Trinajstić information content (AvgIpc) is 2.70. The van der Waals surface area contributed by atoms with E-state index in [2.05, 4.69) is 15.6 Å². The Morgan fingerprint density at radius 3 is 2.42 bits per heavy atom. The molecular weight excluding hydrogens is 404 g/mol. The summed E-state index contributed by atoms with van der Waals surface area (Å²) in [5.74, 6) is -0.843. The lowest BCUT2D eigenvalue weighted by Gasteiger charge is -2.29. The molecular formula is C21H26N4O6. The van der Waals surface area contributed by atoms with Crippen molar-refractivity contribution in [2.24, 2.45) is 0 Å². The molecule has 1 aromatic heterocycles. The van der Waals surface area contributed by atoms with Crippen molar-refractivity contribution in [1.82, 2.24) is 10.3 Å². The maximum absolute atomic E-state index is 12.8. The zero-order chi connectivity index (χ0) is 23.0. The number of nitrogens with one attached hydrogen (secondary N) is 2. The second kappa shape index (κ2) is 10.4. The minimum Gasteiger partial charge on any atom is -0.464 e. The van der Waals surface area contributed by atoms with Crippen molar-refractivity contribution in [1.29, 1.82) is 0 Å². The third kappa shape index (κ3) is 6.95. The zero-order valence-corrected chi connectivity index (χ0v) is 17.8. The van der Waals surface area contributed by atoms with Crippen LogP contribution in [-0.4, -0.2) is 40.2 Å². The van der Waals surface area contributed by atoms with Gasteiger partial charge in [-0.25, -0.2) is 14.6 Å². The van der Waals surface area contributed by atoms with Gasteiger partial charge in [0, 0.05) is 12.3 Å². The second-order valence-corrected chi connectivity index (χ2v) is 7.54. The third-order valence-corrected chi connectivity index (χ3v) is 3.98. The molecule has 10 nitrogen and oxygen atoms in total. The highest BCUT2D eigenvalue weighted by Gasteiger charge is 2.35. The Morgan fingerprint density at radius 2 is 1.84 bits per heavy atom. The first-order chi connectivity index (χ1) is 14.6. The second-order valence-electron chi connectivity index (χ2n) is 7.54. The van der Waals surface area contributed by atoms with Crippen molar-refractivity contribution in [2.75, 3.05) is 11.9 Å². The summed E-state index contributed by atoms with van der Waals surface area (Å²) in [6.07, 6.45) is 0.601. The van der Waals surface area contributed by atoms with Crippen LogP contribution < -0.4 is 10.6 Å². The number of benzene rings is 1. The van der Waals surface area contributed by atoms with Gasteiger partial charge >= 0.3 is 17.7 Å². The van der Waals surface area contributed by atoms with Crippen LogP contribution in [0.15, 0.2) is 48.7 Å². The van der Waals surface area contributed by atoms with E-state index < -0.39 is 34.7 Å². The molecule has 0 aliphatic heterocycles. The molecule has 0 spiro atoms. The van der Waals surface area contributed by atoms with E-state index in [1.54, 1.807) is 58.0 Å². The van der Waals surface area contributed by atoms with E-state index in [4.69, 9.17) is 9.47 Å². The highest BCUT2D eigenvalue weighted by Crippen LogP contribution is 2.26.